The Hall–Kier alpha value is 0.194. The third-order valence-corrected chi connectivity index (χ3v) is 2.48. The highest BCUT2D eigenvalue weighted by Gasteiger charge is 1.83. The molecule has 0 spiro atoms. The van der Waals surface area contributed by atoms with Crippen molar-refractivity contribution in [3.8, 4) is 0 Å². The van der Waals surface area contributed by atoms with Gasteiger partial charge in [-0.25, -0.2) is 0 Å². The van der Waals surface area contributed by atoms with E-state index in [9.17, 15) is 0 Å². The summed E-state index contributed by atoms with van der Waals surface area (Å²) < 4.78 is 4.72. The zero-order valence-corrected chi connectivity index (χ0v) is 12.2. The maximum Gasteiger partial charge on any atom is 0.171 e. The molecule has 0 radical (unpaired) electrons. The molecule has 0 bridgehead atoms. The van der Waals surface area contributed by atoms with Crippen LogP contribution in [0.2, 0.25) is 0 Å². The molecular formula is C6H22O6Si2. The van der Waals surface area contributed by atoms with Crippen molar-refractivity contribution >= 4 is 20.2 Å². The monoisotopic (exact) mass is 246 g/mol. The van der Waals surface area contributed by atoms with Gasteiger partial charge in [-0.15, -0.1) is 0 Å². The van der Waals surface area contributed by atoms with Gasteiger partial charge in [0, 0.05) is 0 Å². The lowest BCUT2D eigenvalue weighted by Gasteiger charge is -1.90. The first-order valence-electron chi connectivity index (χ1n) is 4.21. The third-order valence-electron chi connectivity index (χ3n) is 0.660. The van der Waals surface area contributed by atoms with E-state index < -0.39 is 15.9 Å². The zero-order chi connectivity index (χ0) is 11.8. The predicted octanol–water partition coefficient (Wildman–Crippen LogP) is -4.35. The Kier molecular flexibility index (Phi) is 32.7. The van der Waals surface area contributed by atoms with Crippen LogP contribution in [0.15, 0.2) is 0 Å². The Morgan fingerprint density at radius 3 is 1.57 bits per heavy atom. The highest BCUT2D eigenvalue weighted by atomic mass is 28.3. The lowest BCUT2D eigenvalue weighted by Crippen LogP contribution is -2.03. The van der Waals surface area contributed by atoms with Crippen molar-refractivity contribution in [1.29, 1.82) is 0 Å². The molecule has 0 amide bonds. The summed E-state index contributed by atoms with van der Waals surface area (Å²) in [5, 5.41) is 39.3. The van der Waals surface area contributed by atoms with Crippen molar-refractivity contribution in [2.75, 3.05) is 26.1 Å². The average Bonchev–Trinajstić information content (AvgIpc) is 2.20. The second kappa shape index (κ2) is 23.2. The number of hydrogen-bond acceptors (Lipinski definition) is 6. The van der Waals surface area contributed by atoms with Crippen molar-refractivity contribution < 1.29 is 29.6 Å². The summed E-state index contributed by atoms with van der Waals surface area (Å²) in [5.41, 5.74) is 0. The van der Waals surface area contributed by atoms with E-state index in [1.807, 2.05) is 0 Å². The molecule has 0 saturated carbocycles. The van der Waals surface area contributed by atoms with Gasteiger partial charge >= 0.3 is 0 Å². The molecule has 8 heteroatoms. The Morgan fingerprint density at radius 1 is 1.21 bits per heavy atom. The van der Waals surface area contributed by atoms with Gasteiger partial charge in [0.05, 0.1) is 32.2 Å². The van der Waals surface area contributed by atoms with Gasteiger partial charge in [0.25, 0.3) is 0 Å². The summed E-state index contributed by atoms with van der Waals surface area (Å²) in [6.07, 6.45) is -0.265. The SMILES string of the molecule is CC(O)CO.OCCO.OC[SiH2]O[SiH3]. The molecule has 90 valence electrons. The van der Waals surface area contributed by atoms with Crippen LogP contribution in [0.3, 0.4) is 0 Å². The molecule has 6 nitrogen and oxygen atoms in total. The quantitative estimate of drug-likeness (QED) is 0.321. The summed E-state index contributed by atoms with van der Waals surface area (Å²) in [4.78, 5) is 0. The van der Waals surface area contributed by atoms with Crippen molar-refractivity contribution in [3.05, 3.63) is 0 Å². The van der Waals surface area contributed by atoms with E-state index in [2.05, 4.69) is 0 Å². The van der Waals surface area contributed by atoms with Crippen LogP contribution in [0.25, 0.3) is 0 Å². The summed E-state index contributed by atoms with van der Waals surface area (Å²) >= 11 is 0. The number of hydrogen-bond donors (Lipinski definition) is 5. The minimum Gasteiger partial charge on any atom is -0.466 e. The molecule has 0 aromatic rings. The number of aliphatic hydroxyl groups excluding tert-OH is 5. The van der Waals surface area contributed by atoms with E-state index in [-0.39, 0.29) is 19.8 Å². The lowest BCUT2D eigenvalue weighted by molar-refractivity contribution is 0.110. The third kappa shape index (κ3) is 56.6. The fraction of sp³-hybridized carbons (Fsp3) is 1.00. The molecule has 0 rings (SSSR count). The van der Waals surface area contributed by atoms with Gasteiger partial charge in [-0.05, 0) is 6.92 Å². The van der Waals surface area contributed by atoms with Crippen molar-refractivity contribution in [3.63, 3.8) is 0 Å². The largest absolute Gasteiger partial charge is 0.466 e. The normalized spacial score (nSPS) is 11.6. The van der Waals surface area contributed by atoms with E-state index in [4.69, 9.17) is 29.6 Å². The predicted molar refractivity (Wildman–Crippen MR) is 59.6 cm³/mol. The first-order chi connectivity index (χ1) is 6.60. The van der Waals surface area contributed by atoms with Gasteiger partial charge in [-0.2, -0.15) is 0 Å². The Balaban J connectivity index is -0.000000131. The van der Waals surface area contributed by atoms with Crippen LogP contribution in [0.5, 0.6) is 0 Å². The molecule has 0 aromatic carbocycles. The minimum atomic E-state index is -0.560. The maximum absolute atomic E-state index is 8.11. The van der Waals surface area contributed by atoms with Gasteiger partial charge in [-0.1, -0.05) is 0 Å². The van der Waals surface area contributed by atoms with Gasteiger partial charge in [-0.3, -0.25) is 0 Å². The van der Waals surface area contributed by atoms with E-state index >= 15 is 0 Å². The van der Waals surface area contributed by atoms with Crippen LogP contribution in [-0.2, 0) is 4.12 Å². The van der Waals surface area contributed by atoms with E-state index in [0.29, 0.717) is 6.23 Å². The summed E-state index contributed by atoms with van der Waals surface area (Å²) in [6.45, 7) is 1.14. The zero-order valence-electron chi connectivity index (χ0n) is 8.76. The Morgan fingerprint density at radius 2 is 1.57 bits per heavy atom. The summed E-state index contributed by atoms with van der Waals surface area (Å²) in [6, 6.07) is 0. The summed E-state index contributed by atoms with van der Waals surface area (Å²) in [5.74, 6) is 0. The highest BCUT2D eigenvalue weighted by molar-refractivity contribution is 6.33. The smallest absolute Gasteiger partial charge is 0.171 e. The van der Waals surface area contributed by atoms with Crippen molar-refractivity contribution in [2.45, 2.75) is 13.0 Å². The lowest BCUT2D eigenvalue weighted by atomic mass is 10.5. The molecule has 14 heavy (non-hydrogen) atoms. The topological polar surface area (TPSA) is 110 Å². The van der Waals surface area contributed by atoms with E-state index in [1.165, 1.54) is 6.92 Å². The second-order valence-corrected chi connectivity index (χ2v) is 5.36. The highest BCUT2D eigenvalue weighted by Crippen LogP contribution is 1.68. The van der Waals surface area contributed by atoms with Crippen molar-refractivity contribution in [2.24, 2.45) is 0 Å². The van der Waals surface area contributed by atoms with Gasteiger partial charge in [0.15, 0.2) is 9.76 Å². The molecule has 0 fully saturated rings. The van der Waals surface area contributed by atoms with Crippen molar-refractivity contribution in [1.82, 2.24) is 0 Å². The van der Waals surface area contributed by atoms with Gasteiger partial charge < -0.3 is 29.6 Å². The van der Waals surface area contributed by atoms with E-state index in [0.717, 1.165) is 10.5 Å². The fourth-order valence-electron chi connectivity index (χ4n) is 0.0913. The van der Waals surface area contributed by atoms with Gasteiger partial charge in [0.2, 0.25) is 0 Å². The molecule has 0 aliphatic carbocycles. The fourth-order valence-corrected chi connectivity index (χ4v) is 0.822. The van der Waals surface area contributed by atoms with Gasteiger partial charge in [0.1, 0.15) is 10.5 Å². The summed E-state index contributed by atoms with van der Waals surface area (Å²) in [7, 11) is 0.350. The first kappa shape index (κ1) is 19.7. The average molecular weight is 246 g/mol. The van der Waals surface area contributed by atoms with Crippen LogP contribution in [0, 0.1) is 0 Å². The van der Waals surface area contributed by atoms with Crippen LogP contribution in [0.1, 0.15) is 6.92 Å². The molecular weight excluding hydrogens is 224 g/mol. The second-order valence-electron chi connectivity index (χ2n) is 2.20. The molecule has 1 unspecified atom stereocenters. The molecule has 0 heterocycles. The van der Waals surface area contributed by atoms with Crippen LogP contribution in [0.4, 0.5) is 0 Å². The van der Waals surface area contributed by atoms with Crippen LogP contribution >= 0.6 is 0 Å². The van der Waals surface area contributed by atoms with E-state index in [1.54, 1.807) is 0 Å². The van der Waals surface area contributed by atoms with Crippen LogP contribution in [-0.4, -0.2) is 77.9 Å². The molecule has 0 saturated heterocycles. The number of aliphatic hydroxyl groups is 5. The molecule has 0 aliphatic rings. The molecule has 1 atom stereocenters. The minimum absolute atomic E-state index is 0.125. The first-order valence-corrected chi connectivity index (χ1v) is 6.60. The number of rotatable bonds is 4. The Labute approximate surface area is 89.7 Å². The molecule has 0 aliphatic heterocycles. The standard InChI is InChI=1S/C3H8O2.C2H6O2.CH8O2Si2/c1-3(5)2-4;3-1-2-4;2-1-5-3-4/h3-5H,2H2,1H3;3-4H,1-2H2;2H,1,5H2,4H3. The molecule has 0 aromatic heterocycles. The maximum atomic E-state index is 8.11. The Bertz CT molecular complexity index is 71.3. The van der Waals surface area contributed by atoms with Crippen LogP contribution < -0.4 is 0 Å². The molecule has 5 N–H and O–H groups in total.